The van der Waals surface area contributed by atoms with Crippen LogP contribution in [0.15, 0.2) is 48.5 Å². The van der Waals surface area contributed by atoms with Crippen molar-refractivity contribution in [3.63, 3.8) is 0 Å². The van der Waals surface area contributed by atoms with Crippen molar-refractivity contribution in [2.75, 3.05) is 36.0 Å². The predicted octanol–water partition coefficient (Wildman–Crippen LogP) is 4.31. The highest BCUT2D eigenvalue weighted by atomic mass is 35.5. The Morgan fingerprint density at radius 3 is 2.39 bits per heavy atom. The highest BCUT2D eigenvalue weighted by Gasteiger charge is 2.23. The van der Waals surface area contributed by atoms with Crippen molar-refractivity contribution < 1.29 is 4.39 Å². The number of aromatic nitrogens is 3. The van der Waals surface area contributed by atoms with Crippen molar-refractivity contribution in [3.8, 4) is 0 Å². The van der Waals surface area contributed by atoms with Crippen molar-refractivity contribution in [2.45, 2.75) is 6.92 Å². The summed E-state index contributed by atoms with van der Waals surface area (Å²) in [6, 6.07) is 15.0. The summed E-state index contributed by atoms with van der Waals surface area (Å²) in [5.74, 6) is 0.723. The summed E-state index contributed by atoms with van der Waals surface area (Å²) in [5, 5.41) is 6.16. The number of hydrogen-bond donors (Lipinski definition) is 0. The monoisotopic (exact) mass is 395 g/mol. The van der Waals surface area contributed by atoms with E-state index in [-0.39, 0.29) is 5.82 Å². The molecule has 1 fully saturated rings. The van der Waals surface area contributed by atoms with E-state index in [1.807, 2.05) is 41.8 Å². The predicted molar refractivity (Wildman–Crippen MR) is 111 cm³/mol. The first kappa shape index (κ1) is 17.3. The molecule has 0 radical (unpaired) electrons. The number of hydrogen-bond acceptors (Lipinski definition) is 4. The Kier molecular flexibility index (Phi) is 4.09. The first-order valence-corrected chi connectivity index (χ1v) is 9.69. The lowest BCUT2D eigenvalue weighted by atomic mass is 10.2. The molecule has 5 nitrogen and oxygen atoms in total. The molecule has 4 aromatic rings. The molecule has 1 aliphatic rings. The molecule has 7 heteroatoms. The summed E-state index contributed by atoms with van der Waals surface area (Å²) in [6.45, 7) is 4.86. The zero-order valence-corrected chi connectivity index (χ0v) is 16.2. The molecule has 2 aromatic heterocycles. The van der Waals surface area contributed by atoms with Gasteiger partial charge in [0.05, 0.1) is 16.9 Å². The highest BCUT2D eigenvalue weighted by Crippen LogP contribution is 2.31. The van der Waals surface area contributed by atoms with Gasteiger partial charge in [0.1, 0.15) is 16.7 Å². The van der Waals surface area contributed by atoms with Gasteiger partial charge in [-0.15, -0.1) is 0 Å². The van der Waals surface area contributed by atoms with Crippen molar-refractivity contribution >= 4 is 39.7 Å². The zero-order valence-electron chi connectivity index (χ0n) is 15.4. The summed E-state index contributed by atoms with van der Waals surface area (Å²) in [5.41, 5.74) is 3.07. The van der Waals surface area contributed by atoms with Gasteiger partial charge >= 0.3 is 0 Å². The van der Waals surface area contributed by atoms with Crippen molar-refractivity contribution in [1.82, 2.24) is 14.6 Å². The quantitative estimate of drug-likeness (QED) is 0.506. The summed E-state index contributed by atoms with van der Waals surface area (Å²) in [4.78, 5) is 9.20. The lowest BCUT2D eigenvalue weighted by Crippen LogP contribution is -2.47. The third kappa shape index (κ3) is 2.67. The lowest BCUT2D eigenvalue weighted by molar-refractivity contribution is 0.597. The van der Waals surface area contributed by atoms with Crippen LogP contribution in [0.4, 0.5) is 15.9 Å². The van der Waals surface area contributed by atoms with Crippen LogP contribution in [0.5, 0.6) is 0 Å². The van der Waals surface area contributed by atoms with Crippen LogP contribution >= 0.6 is 11.6 Å². The molecule has 0 atom stereocenters. The maximum Gasteiger partial charge on any atom is 0.176 e. The fourth-order valence-corrected chi connectivity index (χ4v) is 4.04. The van der Waals surface area contributed by atoms with Crippen molar-refractivity contribution in [1.29, 1.82) is 0 Å². The van der Waals surface area contributed by atoms with E-state index in [1.54, 1.807) is 6.07 Å². The Hall–Kier alpha value is -2.86. The van der Waals surface area contributed by atoms with Crippen LogP contribution in [-0.4, -0.2) is 40.8 Å². The van der Waals surface area contributed by atoms with Gasteiger partial charge in [-0.1, -0.05) is 35.9 Å². The molecular formula is C21H19ClFN5. The number of nitrogens with zero attached hydrogens (tertiary/aromatic N) is 5. The molecule has 1 aliphatic heterocycles. The number of aryl methyl sites for hydroxylation is 1. The number of rotatable bonds is 2. The third-order valence-electron chi connectivity index (χ3n) is 5.32. The topological polar surface area (TPSA) is 36.7 Å². The number of para-hydroxylation sites is 2. The molecule has 2 aromatic carbocycles. The van der Waals surface area contributed by atoms with Gasteiger partial charge in [-0.05, 0) is 31.2 Å². The van der Waals surface area contributed by atoms with Crippen LogP contribution in [0.25, 0.3) is 16.6 Å². The molecule has 0 saturated carbocycles. The second-order valence-electron chi connectivity index (χ2n) is 7.01. The van der Waals surface area contributed by atoms with Gasteiger partial charge in [-0.3, -0.25) is 0 Å². The molecule has 1 saturated heterocycles. The maximum absolute atomic E-state index is 14.1. The average molecular weight is 396 g/mol. The normalized spacial score (nSPS) is 15.0. The lowest BCUT2D eigenvalue weighted by Gasteiger charge is -2.37. The SMILES string of the molecule is Cc1nn2c(nc(N3CCN(c4ccccc4F)CC3)c3ccccc32)c1Cl. The van der Waals surface area contributed by atoms with E-state index in [0.29, 0.717) is 16.4 Å². The van der Waals surface area contributed by atoms with Gasteiger partial charge in [0.15, 0.2) is 5.65 Å². The second-order valence-corrected chi connectivity index (χ2v) is 7.39. The zero-order chi connectivity index (χ0) is 19.3. The molecule has 0 bridgehead atoms. The number of fused-ring (bicyclic) bond motifs is 3. The molecule has 5 rings (SSSR count). The Bertz CT molecular complexity index is 1180. The molecule has 0 unspecified atom stereocenters. The van der Waals surface area contributed by atoms with Crippen molar-refractivity contribution in [2.24, 2.45) is 0 Å². The number of halogens is 2. The van der Waals surface area contributed by atoms with E-state index in [0.717, 1.165) is 48.6 Å². The first-order chi connectivity index (χ1) is 13.6. The summed E-state index contributed by atoms with van der Waals surface area (Å²) in [6.07, 6.45) is 0. The van der Waals surface area contributed by atoms with Gasteiger partial charge in [-0.25, -0.2) is 13.9 Å². The van der Waals surface area contributed by atoms with E-state index in [2.05, 4.69) is 21.0 Å². The molecule has 0 spiro atoms. The maximum atomic E-state index is 14.1. The van der Waals surface area contributed by atoms with Gasteiger partial charge in [-0.2, -0.15) is 5.10 Å². The largest absolute Gasteiger partial charge is 0.366 e. The standard InChI is InChI=1S/C21H19ClFN5/c1-14-19(22)21-24-20(15-6-2-4-8-17(15)28(21)25-14)27-12-10-26(11-13-27)18-9-5-3-7-16(18)23/h2-9H,10-13H2,1H3. The molecule has 0 aliphatic carbocycles. The number of piperazine rings is 1. The molecule has 0 amide bonds. The number of anilines is 2. The molecule has 3 heterocycles. The average Bonchev–Trinajstić information content (AvgIpc) is 3.02. The van der Waals surface area contributed by atoms with Gasteiger partial charge in [0, 0.05) is 31.6 Å². The molecule has 28 heavy (non-hydrogen) atoms. The van der Waals surface area contributed by atoms with E-state index >= 15 is 0 Å². The van der Waals surface area contributed by atoms with Crippen LogP contribution in [-0.2, 0) is 0 Å². The van der Waals surface area contributed by atoms with E-state index < -0.39 is 0 Å². The fourth-order valence-electron chi connectivity index (χ4n) is 3.88. The fraction of sp³-hybridized carbons (Fsp3) is 0.238. The smallest absolute Gasteiger partial charge is 0.176 e. The van der Waals surface area contributed by atoms with E-state index in [4.69, 9.17) is 16.6 Å². The van der Waals surface area contributed by atoms with Gasteiger partial charge in [0.25, 0.3) is 0 Å². The summed E-state index contributed by atoms with van der Waals surface area (Å²) < 4.78 is 15.9. The Morgan fingerprint density at radius 2 is 1.61 bits per heavy atom. The summed E-state index contributed by atoms with van der Waals surface area (Å²) in [7, 11) is 0. The number of benzene rings is 2. The molecule has 0 N–H and O–H groups in total. The van der Waals surface area contributed by atoms with Crippen LogP contribution in [0, 0.1) is 12.7 Å². The minimum absolute atomic E-state index is 0.178. The van der Waals surface area contributed by atoms with Crippen molar-refractivity contribution in [3.05, 3.63) is 65.1 Å². The Morgan fingerprint density at radius 1 is 0.929 bits per heavy atom. The van der Waals surface area contributed by atoms with Crippen LogP contribution in [0.2, 0.25) is 5.02 Å². The minimum atomic E-state index is -0.178. The third-order valence-corrected chi connectivity index (χ3v) is 5.76. The van der Waals surface area contributed by atoms with Gasteiger partial charge in [0.2, 0.25) is 0 Å². The summed E-state index contributed by atoms with van der Waals surface area (Å²) >= 11 is 6.46. The van der Waals surface area contributed by atoms with E-state index in [9.17, 15) is 4.39 Å². The second kappa shape index (κ2) is 6.63. The minimum Gasteiger partial charge on any atom is -0.366 e. The van der Waals surface area contributed by atoms with Crippen LogP contribution in [0.3, 0.4) is 0 Å². The molecule has 142 valence electrons. The molecular weight excluding hydrogens is 377 g/mol. The Balaban J connectivity index is 1.53. The highest BCUT2D eigenvalue weighted by molar-refractivity contribution is 6.34. The van der Waals surface area contributed by atoms with Crippen LogP contribution < -0.4 is 9.80 Å². The first-order valence-electron chi connectivity index (χ1n) is 9.31. The van der Waals surface area contributed by atoms with Crippen LogP contribution in [0.1, 0.15) is 5.69 Å². The van der Waals surface area contributed by atoms with Gasteiger partial charge < -0.3 is 9.80 Å². The van der Waals surface area contributed by atoms with E-state index in [1.165, 1.54) is 6.07 Å². The Labute approximate surface area is 167 Å².